The fourth-order valence-electron chi connectivity index (χ4n) is 1.13. The van der Waals surface area contributed by atoms with Crippen LogP contribution >= 0.6 is 22.6 Å². The molecule has 19 heavy (non-hydrogen) atoms. The van der Waals surface area contributed by atoms with Gasteiger partial charge in [-0.2, -0.15) is 0 Å². The number of aromatic nitrogens is 1. The first-order valence-electron chi connectivity index (χ1n) is 4.34. The van der Waals surface area contributed by atoms with Gasteiger partial charge in [-0.25, -0.2) is 9.78 Å². The number of pyridine rings is 1. The van der Waals surface area contributed by atoms with Crippen molar-refractivity contribution in [2.45, 2.75) is 6.36 Å². The van der Waals surface area contributed by atoms with Crippen molar-refractivity contribution in [3.63, 3.8) is 0 Å². The molecule has 1 heterocycles. The fourth-order valence-corrected chi connectivity index (χ4v) is 1.73. The smallest absolute Gasteiger partial charge is 0.465 e. The lowest BCUT2D eigenvalue weighted by atomic mass is 10.2. The third-order valence-corrected chi connectivity index (χ3v) is 2.56. The van der Waals surface area contributed by atoms with Gasteiger partial charge in [0.05, 0.1) is 18.2 Å². The van der Waals surface area contributed by atoms with Gasteiger partial charge in [-0.1, -0.05) is 0 Å². The molecule has 0 spiro atoms. The van der Waals surface area contributed by atoms with Crippen LogP contribution in [-0.4, -0.2) is 29.3 Å². The van der Waals surface area contributed by atoms with Crippen LogP contribution in [0.5, 0.6) is 5.75 Å². The van der Waals surface area contributed by atoms with Crippen LogP contribution in [0.1, 0.15) is 10.4 Å². The Kier molecular flexibility index (Phi) is 4.49. The molecule has 0 fully saturated rings. The Labute approximate surface area is 117 Å². The number of hydrogen-bond donors (Lipinski definition) is 0. The van der Waals surface area contributed by atoms with E-state index in [9.17, 15) is 28.1 Å². The average molecular weight is 392 g/mol. The summed E-state index contributed by atoms with van der Waals surface area (Å²) in [6.45, 7) is 0. The molecule has 1 aromatic rings. The van der Waals surface area contributed by atoms with Crippen LogP contribution in [0, 0.1) is 13.8 Å². The maximum absolute atomic E-state index is 12.1. The van der Waals surface area contributed by atoms with Crippen molar-refractivity contribution >= 4 is 34.2 Å². The zero-order chi connectivity index (χ0) is 14.8. The van der Waals surface area contributed by atoms with E-state index in [1.165, 1.54) is 22.6 Å². The molecule has 0 saturated carbocycles. The third-order valence-electron chi connectivity index (χ3n) is 1.77. The van der Waals surface area contributed by atoms with Crippen LogP contribution in [0.4, 0.5) is 18.9 Å². The SMILES string of the molecule is COC(=O)c1c(OC(F)(F)F)cnc(I)c1[N+](=O)[O-]. The second-order valence-electron chi connectivity index (χ2n) is 2.93. The lowest BCUT2D eigenvalue weighted by Crippen LogP contribution is -2.20. The van der Waals surface area contributed by atoms with Crippen LogP contribution in [-0.2, 0) is 4.74 Å². The summed E-state index contributed by atoms with van der Waals surface area (Å²) in [6.07, 6.45) is -4.56. The van der Waals surface area contributed by atoms with Crippen LogP contribution in [0.15, 0.2) is 6.20 Å². The molecule has 1 aromatic heterocycles. The Bertz CT molecular complexity index is 534. The Hall–Kier alpha value is -1.66. The number of rotatable bonds is 3. The molecule has 11 heteroatoms. The molecular weight excluding hydrogens is 388 g/mol. The topological polar surface area (TPSA) is 91.6 Å². The van der Waals surface area contributed by atoms with Gasteiger partial charge in [-0.05, 0) is 22.6 Å². The van der Waals surface area contributed by atoms with E-state index in [4.69, 9.17) is 0 Å². The van der Waals surface area contributed by atoms with Crippen LogP contribution in [0.3, 0.4) is 0 Å². The summed E-state index contributed by atoms with van der Waals surface area (Å²) in [4.78, 5) is 24.5. The summed E-state index contributed by atoms with van der Waals surface area (Å²) in [7, 11) is 0.872. The number of alkyl halides is 3. The van der Waals surface area contributed by atoms with Crippen molar-refractivity contribution in [2.24, 2.45) is 0 Å². The van der Waals surface area contributed by atoms with E-state index < -0.39 is 34.3 Å². The van der Waals surface area contributed by atoms with Crippen molar-refractivity contribution < 1.29 is 32.4 Å². The Morgan fingerprint density at radius 3 is 2.53 bits per heavy atom. The number of esters is 1. The van der Waals surface area contributed by atoms with Crippen molar-refractivity contribution in [2.75, 3.05) is 7.11 Å². The number of nitro groups is 1. The number of methoxy groups -OCH3 is 1. The Balaban J connectivity index is 3.52. The van der Waals surface area contributed by atoms with Crippen molar-refractivity contribution in [3.05, 3.63) is 25.6 Å². The van der Waals surface area contributed by atoms with Crippen molar-refractivity contribution in [3.8, 4) is 5.75 Å². The third kappa shape index (κ3) is 3.65. The summed E-state index contributed by atoms with van der Waals surface area (Å²) >= 11 is 1.41. The fraction of sp³-hybridized carbons (Fsp3) is 0.250. The molecule has 0 saturated heterocycles. The van der Waals surface area contributed by atoms with E-state index in [1.54, 1.807) is 0 Å². The molecule has 1 rings (SSSR count). The van der Waals surface area contributed by atoms with Gasteiger partial charge in [0, 0.05) is 0 Å². The average Bonchev–Trinajstić information content (AvgIpc) is 2.27. The van der Waals surface area contributed by atoms with Gasteiger partial charge in [-0.15, -0.1) is 13.2 Å². The van der Waals surface area contributed by atoms with Gasteiger partial charge in [0.1, 0.15) is 0 Å². The molecule has 0 radical (unpaired) electrons. The maximum Gasteiger partial charge on any atom is 0.573 e. The molecule has 104 valence electrons. The zero-order valence-corrected chi connectivity index (χ0v) is 11.2. The molecule has 0 bridgehead atoms. The zero-order valence-electron chi connectivity index (χ0n) is 9.02. The molecule has 0 aliphatic carbocycles. The van der Waals surface area contributed by atoms with Gasteiger partial charge in [-0.3, -0.25) is 10.1 Å². The number of ether oxygens (including phenoxy) is 2. The van der Waals surface area contributed by atoms with Gasteiger partial charge in [0.2, 0.25) is 0 Å². The Morgan fingerprint density at radius 1 is 1.53 bits per heavy atom. The first kappa shape index (κ1) is 15.4. The van der Waals surface area contributed by atoms with E-state index in [0.29, 0.717) is 6.20 Å². The lowest BCUT2D eigenvalue weighted by Gasteiger charge is -2.12. The minimum atomic E-state index is -5.12. The highest BCUT2D eigenvalue weighted by Gasteiger charge is 2.37. The van der Waals surface area contributed by atoms with Crippen molar-refractivity contribution in [1.82, 2.24) is 4.98 Å². The summed E-state index contributed by atoms with van der Waals surface area (Å²) < 4.78 is 43.9. The number of carbonyl (C=O) groups excluding carboxylic acids is 1. The van der Waals surface area contributed by atoms with Crippen molar-refractivity contribution in [1.29, 1.82) is 0 Å². The molecule has 0 aliphatic rings. The van der Waals surface area contributed by atoms with E-state index in [2.05, 4.69) is 14.5 Å². The molecule has 7 nitrogen and oxygen atoms in total. The number of carbonyl (C=O) groups is 1. The monoisotopic (exact) mass is 392 g/mol. The Morgan fingerprint density at radius 2 is 2.11 bits per heavy atom. The first-order chi connectivity index (χ1) is 8.67. The minimum Gasteiger partial charge on any atom is -0.465 e. The molecular formula is C8H4F3IN2O5. The predicted octanol–water partition coefficient (Wildman–Crippen LogP) is 2.28. The van der Waals surface area contributed by atoms with Gasteiger partial charge in [0.25, 0.3) is 0 Å². The predicted molar refractivity (Wildman–Crippen MR) is 61.6 cm³/mol. The molecule has 0 amide bonds. The number of hydrogen-bond acceptors (Lipinski definition) is 6. The van der Waals surface area contributed by atoms with Crippen LogP contribution < -0.4 is 4.74 Å². The molecule has 0 N–H and O–H groups in total. The summed E-state index contributed by atoms with van der Waals surface area (Å²) in [5.41, 5.74) is -1.85. The van der Waals surface area contributed by atoms with E-state index in [0.717, 1.165) is 7.11 Å². The molecule has 0 aromatic carbocycles. The largest absolute Gasteiger partial charge is 0.573 e. The minimum absolute atomic E-state index is 0.266. The highest BCUT2D eigenvalue weighted by molar-refractivity contribution is 14.1. The van der Waals surface area contributed by atoms with E-state index in [1.807, 2.05) is 0 Å². The summed E-state index contributed by atoms with van der Waals surface area (Å²) in [5, 5.41) is 10.8. The summed E-state index contributed by atoms with van der Waals surface area (Å²) in [5.74, 6) is -2.42. The van der Waals surface area contributed by atoms with Gasteiger partial charge in [0.15, 0.2) is 15.0 Å². The second kappa shape index (κ2) is 5.54. The summed E-state index contributed by atoms with van der Waals surface area (Å²) in [6, 6.07) is 0. The van der Waals surface area contributed by atoms with Gasteiger partial charge >= 0.3 is 18.0 Å². The lowest BCUT2D eigenvalue weighted by molar-refractivity contribution is -0.386. The maximum atomic E-state index is 12.1. The molecule has 0 aliphatic heterocycles. The quantitative estimate of drug-likeness (QED) is 0.258. The highest BCUT2D eigenvalue weighted by Crippen LogP contribution is 2.34. The first-order valence-corrected chi connectivity index (χ1v) is 5.42. The van der Waals surface area contributed by atoms with E-state index in [-0.39, 0.29) is 3.70 Å². The standard InChI is InChI=1S/C8H4F3IN2O5/c1-18-7(15)4-3(19-8(9,10)11)2-13-6(12)5(4)14(16)17/h2H,1H3. The number of nitrogens with zero attached hydrogens (tertiary/aromatic N) is 2. The van der Waals surface area contributed by atoms with Crippen LogP contribution in [0.25, 0.3) is 0 Å². The van der Waals surface area contributed by atoms with Gasteiger partial charge < -0.3 is 9.47 Å². The molecule has 0 atom stereocenters. The highest BCUT2D eigenvalue weighted by atomic mass is 127. The second-order valence-corrected chi connectivity index (χ2v) is 3.96. The normalized spacial score (nSPS) is 11.0. The molecule has 0 unspecified atom stereocenters. The van der Waals surface area contributed by atoms with Crippen LogP contribution in [0.2, 0.25) is 0 Å². The van der Waals surface area contributed by atoms with E-state index >= 15 is 0 Å². The number of halogens is 4.